The van der Waals surface area contributed by atoms with Crippen LogP contribution < -0.4 is 16.0 Å². The first-order chi connectivity index (χ1) is 18.5. The zero-order valence-electron chi connectivity index (χ0n) is 21.3. The normalized spacial score (nSPS) is 15.8. The number of nitrogens with one attached hydrogen (secondary N) is 3. The number of aliphatic imine (C=N–C) groups is 1. The van der Waals surface area contributed by atoms with Crippen molar-refractivity contribution < 1.29 is 43.0 Å². The Bertz CT molecular complexity index is 1390. The van der Waals surface area contributed by atoms with E-state index < -0.39 is 32.7 Å². The van der Waals surface area contributed by atoms with E-state index in [0.29, 0.717) is 35.3 Å². The Morgan fingerprint density at radius 3 is 2.59 bits per heavy atom. The van der Waals surface area contributed by atoms with Crippen LogP contribution in [0.3, 0.4) is 0 Å². The van der Waals surface area contributed by atoms with E-state index in [1.807, 2.05) is 6.92 Å². The SMILES string of the molecule is Cc1ccc(C(=O)NC2CC2)cc1N=C([NH+]=CN)c1[nH]cc(C(=O)N(C(=O)OCOP(=O)(O)O)C2CC2)c1C. The lowest BCUT2D eigenvalue weighted by Crippen LogP contribution is -2.75. The number of aromatic nitrogens is 1. The number of benzene rings is 1. The maximum absolute atomic E-state index is 13.3. The summed E-state index contributed by atoms with van der Waals surface area (Å²) in [5.74, 6) is -0.576. The lowest BCUT2D eigenvalue weighted by atomic mass is 10.1. The highest BCUT2D eigenvalue weighted by Gasteiger charge is 2.40. The Kier molecular flexibility index (Phi) is 8.31. The third kappa shape index (κ3) is 7.18. The molecule has 0 radical (unpaired) electrons. The van der Waals surface area contributed by atoms with Crippen molar-refractivity contribution in [1.82, 2.24) is 15.2 Å². The number of aromatic amines is 1. The second-order valence-electron chi connectivity index (χ2n) is 9.28. The molecule has 7 N–H and O–H groups in total. The fourth-order valence-electron chi connectivity index (χ4n) is 3.77. The smallest absolute Gasteiger partial charge is 0.421 e. The van der Waals surface area contributed by atoms with Crippen LogP contribution in [0.5, 0.6) is 0 Å². The number of imide groups is 1. The summed E-state index contributed by atoms with van der Waals surface area (Å²) in [7, 11) is -4.85. The zero-order valence-corrected chi connectivity index (χ0v) is 22.2. The number of nitrogens with zero attached hydrogens (tertiary/aromatic N) is 2. The maximum Gasteiger partial charge on any atom is 0.472 e. The number of carbonyl (C=O) groups is 3. The minimum Gasteiger partial charge on any atom is -0.421 e. The number of rotatable bonds is 9. The van der Waals surface area contributed by atoms with Crippen molar-refractivity contribution in [2.45, 2.75) is 51.6 Å². The van der Waals surface area contributed by atoms with Gasteiger partial charge in [0, 0.05) is 23.8 Å². The van der Waals surface area contributed by atoms with Crippen molar-refractivity contribution in [2.24, 2.45) is 10.7 Å². The highest BCUT2D eigenvalue weighted by Crippen LogP contribution is 2.36. The standard InChI is InChI=1S/C24H29N6O8P/c1-13-3-4-15(22(31)28-16-5-6-16)9-19(13)29-21(27-11-25)20-14(2)18(10-26-20)23(32)30(17-7-8-17)24(33)37-12-38-39(34,35)36/h3-4,9-11,16-17,26H,5-8,12H2,1-2H3,(H,28,31)(H2,25,27,29)(H2,34,35,36)/p+1. The number of aryl methyl sites for hydroxylation is 1. The molecule has 1 aromatic carbocycles. The van der Waals surface area contributed by atoms with E-state index in [2.05, 4.69) is 24.8 Å². The summed E-state index contributed by atoms with van der Waals surface area (Å²) in [6, 6.07) is 4.98. The highest BCUT2D eigenvalue weighted by molar-refractivity contribution is 7.46. The summed E-state index contributed by atoms with van der Waals surface area (Å²) >= 11 is 0. The first-order valence-electron chi connectivity index (χ1n) is 12.2. The van der Waals surface area contributed by atoms with Gasteiger partial charge < -0.3 is 30.6 Å². The molecule has 0 aliphatic heterocycles. The molecule has 3 amide bonds. The summed E-state index contributed by atoms with van der Waals surface area (Å²) in [6.45, 7) is 2.49. The van der Waals surface area contributed by atoms with E-state index in [9.17, 15) is 18.9 Å². The number of carbonyl (C=O) groups excluding carboxylic acids is 3. The molecule has 39 heavy (non-hydrogen) atoms. The predicted octanol–water partition coefficient (Wildman–Crippen LogP) is 0.478. The monoisotopic (exact) mass is 561 g/mol. The molecule has 2 aliphatic carbocycles. The Labute approximate surface area is 223 Å². The number of hydrogen-bond donors (Lipinski definition) is 6. The molecule has 0 atom stereocenters. The van der Waals surface area contributed by atoms with Crippen molar-refractivity contribution in [2.75, 3.05) is 6.79 Å². The molecule has 1 heterocycles. The molecular formula is C24H30N6O8P+. The van der Waals surface area contributed by atoms with E-state index in [-0.39, 0.29) is 23.3 Å². The third-order valence-corrected chi connectivity index (χ3v) is 6.62. The van der Waals surface area contributed by atoms with Crippen LogP contribution in [0.2, 0.25) is 0 Å². The summed E-state index contributed by atoms with van der Waals surface area (Å²) in [6.07, 6.45) is 4.57. The quantitative estimate of drug-likeness (QED) is 0.109. The van der Waals surface area contributed by atoms with Gasteiger partial charge >= 0.3 is 13.9 Å². The molecule has 0 saturated heterocycles. The number of phosphoric ester groups is 1. The van der Waals surface area contributed by atoms with Crippen LogP contribution in [0.15, 0.2) is 29.4 Å². The highest BCUT2D eigenvalue weighted by atomic mass is 31.2. The molecule has 2 aromatic rings. The molecule has 4 rings (SSSR count). The van der Waals surface area contributed by atoms with Crippen LogP contribution >= 0.6 is 7.82 Å². The minimum absolute atomic E-state index is 0.158. The third-order valence-electron chi connectivity index (χ3n) is 6.17. The number of nitrogens with two attached hydrogens (primary N) is 1. The van der Waals surface area contributed by atoms with E-state index >= 15 is 0 Å². The molecular weight excluding hydrogens is 531 g/mol. The number of hydrogen-bond acceptors (Lipinski definition) is 7. The first-order valence-corrected chi connectivity index (χ1v) is 13.7. The zero-order chi connectivity index (χ0) is 28.3. The number of phosphoric acid groups is 1. The van der Waals surface area contributed by atoms with Crippen LogP contribution in [0, 0.1) is 13.8 Å². The van der Waals surface area contributed by atoms with E-state index in [1.165, 1.54) is 12.5 Å². The van der Waals surface area contributed by atoms with Gasteiger partial charge in [-0.2, -0.15) is 0 Å². The van der Waals surface area contributed by atoms with Gasteiger partial charge in [0.25, 0.3) is 17.6 Å². The first kappa shape index (κ1) is 28.2. The van der Waals surface area contributed by atoms with Crippen molar-refractivity contribution in [1.29, 1.82) is 0 Å². The molecule has 208 valence electrons. The Balaban J connectivity index is 1.59. The van der Waals surface area contributed by atoms with Gasteiger partial charge in [0.1, 0.15) is 11.4 Å². The second-order valence-corrected chi connectivity index (χ2v) is 10.5. The van der Waals surface area contributed by atoms with Gasteiger partial charge in [-0.15, -0.1) is 4.99 Å². The van der Waals surface area contributed by atoms with Gasteiger partial charge in [-0.25, -0.2) is 23.8 Å². The van der Waals surface area contributed by atoms with E-state index in [4.69, 9.17) is 20.3 Å². The van der Waals surface area contributed by atoms with Crippen molar-refractivity contribution in [3.63, 3.8) is 0 Å². The van der Waals surface area contributed by atoms with Gasteiger partial charge in [-0.1, -0.05) is 6.07 Å². The number of H-pyrrole nitrogens is 1. The Morgan fingerprint density at radius 2 is 1.97 bits per heavy atom. The lowest BCUT2D eigenvalue weighted by Gasteiger charge is -2.19. The average Bonchev–Trinajstić information content (AvgIpc) is 3.79. The lowest BCUT2D eigenvalue weighted by molar-refractivity contribution is -0.309. The molecule has 0 bridgehead atoms. The number of amides is 3. The predicted molar refractivity (Wildman–Crippen MR) is 138 cm³/mol. The van der Waals surface area contributed by atoms with Crippen molar-refractivity contribution >= 4 is 43.6 Å². The van der Waals surface area contributed by atoms with Gasteiger partial charge in [-0.05, 0) is 62.8 Å². The number of ether oxygens (including phenoxy) is 1. The molecule has 1 aromatic heterocycles. The second kappa shape index (κ2) is 11.5. The average molecular weight is 562 g/mol. The molecule has 2 fully saturated rings. The van der Waals surface area contributed by atoms with Crippen LogP contribution in [-0.4, -0.2) is 68.6 Å². The summed E-state index contributed by atoms with van der Waals surface area (Å²) in [5, 5.41) is 2.94. The topological polar surface area (TPSA) is 211 Å². The van der Waals surface area contributed by atoms with Gasteiger partial charge in [-0.3, -0.25) is 9.59 Å². The molecule has 2 saturated carbocycles. The minimum atomic E-state index is -4.85. The molecule has 15 heteroatoms. The summed E-state index contributed by atoms with van der Waals surface area (Å²) in [5.41, 5.74) is 8.44. The maximum atomic E-state index is 13.3. The van der Waals surface area contributed by atoms with Gasteiger partial charge in [0.15, 0.2) is 6.34 Å². The molecule has 0 unspecified atom stereocenters. The van der Waals surface area contributed by atoms with Gasteiger partial charge in [0.2, 0.25) is 6.79 Å². The van der Waals surface area contributed by atoms with E-state index in [1.54, 1.807) is 25.1 Å². The van der Waals surface area contributed by atoms with Crippen LogP contribution in [0.25, 0.3) is 0 Å². The van der Waals surface area contributed by atoms with Crippen LogP contribution in [0.4, 0.5) is 10.5 Å². The molecule has 2 aliphatic rings. The van der Waals surface area contributed by atoms with E-state index in [0.717, 1.165) is 23.3 Å². The summed E-state index contributed by atoms with van der Waals surface area (Å²) in [4.78, 5) is 67.4. The largest absolute Gasteiger partial charge is 0.472 e. The van der Waals surface area contributed by atoms with Crippen molar-refractivity contribution in [3.05, 3.63) is 52.3 Å². The van der Waals surface area contributed by atoms with Crippen LogP contribution in [0.1, 0.15) is 63.2 Å². The summed E-state index contributed by atoms with van der Waals surface area (Å²) < 4.78 is 19.8. The molecule has 0 spiro atoms. The Hall–Kier alpha value is -3.84. The molecule has 14 nitrogen and oxygen atoms in total. The fraction of sp³-hybridized carbons (Fsp3) is 0.375. The fourth-order valence-corrected chi connectivity index (χ4v) is 3.96. The van der Waals surface area contributed by atoms with Crippen LogP contribution in [-0.2, 0) is 13.8 Å². The Morgan fingerprint density at radius 1 is 1.26 bits per heavy atom. The van der Waals surface area contributed by atoms with Gasteiger partial charge in [0.05, 0.1) is 5.56 Å². The number of amidine groups is 1. The van der Waals surface area contributed by atoms with Crippen molar-refractivity contribution in [3.8, 4) is 0 Å².